The molecule has 3 rings (SSSR count). The number of amides is 1. The molecular weight excluding hydrogens is 410 g/mol. The van der Waals surface area contributed by atoms with Gasteiger partial charge in [-0.2, -0.15) is 4.37 Å². The molecule has 170 valence electrons. The van der Waals surface area contributed by atoms with E-state index in [1.54, 1.807) is 7.11 Å². The lowest BCUT2D eigenvalue weighted by atomic mass is 10.1. The molecule has 0 saturated carbocycles. The Hall–Kier alpha value is -2.19. The zero-order valence-electron chi connectivity index (χ0n) is 18.8. The summed E-state index contributed by atoms with van der Waals surface area (Å²) < 4.78 is 9.86. The number of carbonyl (C=O) groups is 1. The van der Waals surface area contributed by atoms with Crippen molar-refractivity contribution < 1.29 is 9.53 Å². The second kappa shape index (κ2) is 12.6. The van der Waals surface area contributed by atoms with Gasteiger partial charge in [0.25, 0.3) is 0 Å². The number of anilines is 1. The van der Waals surface area contributed by atoms with Gasteiger partial charge in [0.1, 0.15) is 11.6 Å². The molecule has 31 heavy (non-hydrogen) atoms. The van der Waals surface area contributed by atoms with Crippen molar-refractivity contribution in [2.75, 3.05) is 51.3 Å². The molecule has 8 heteroatoms. The molecule has 1 aromatic carbocycles. The number of aromatic nitrogens is 2. The fourth-order valence-corrected chi connectivity index (χ4v) is 4.48. The van der Waals surface area contributed by atoms with Crippen LogP contribution in [0, 0.1) is 0 Å². The molecule has 1 saturated heterocycles. The average Bonchev–Trinajstić information content (AvgIpc) is 3.46. The van der Waals surface area contributed by atoms with Crippen molar-refractivity contribution in [3.05, 3.63) is 35.7 Å². The summed E-state index contributed by atoms with van der Waals surface area (Å²) in [5, 5.41) is 3.97. The van der Waals surface area contributed by atoms with Crippen molar-refractivity contribution in [1.82, 2.24) is 19.6 Å². The Morgan fingerprint density at radius 3 is 2.90 bits per heavy atom. The highest BCUT2D eigenvalue weighted by atomic mass is 32.1. The fraction of sp³-hybridized carbons (Fsp3) is 0.609. The molecule has 7 nitrogen and oxygen atoms in total. The molecule has 1 N–H and O–H groups in total. The van der Waals surface area contributed by atoms with Crippen LogP contribution in [0.4, 0.5) is 5.13 Å². The minimum Gasteiger partial charge on any atom is -0.497 e. The normalized spacial score (nSPS) is 14.0. The molecule has 2 heterocycles. The van der Waals surface area contributed by atoms with Crippen molar-refractivity contribution >= 4 is 22.6 Å². The minimum absolute atomic E-state index is 0.113. The second-order valence-electron chi connectivity index (χ2n) is 8.01. The predicted molar refractivity (Wildman–Crippen MR) is 126 cm³/mol. The van der Waals surface area contributed by atoms with Gasteiger partial charge in [0, 0.05) is 50.6 Å². The number of nitrogens with zero attached hydrogens (tertiary/aromatic N) is 4. The van der Waals surface area contributed by atoms with Gasteiger partial charge >= 0.3 is 0 Å². The lowest BCUT2D eigenvalue weighted by Crippen LogP contribution is -2.35. The number of nitrogens with one attached hydrogen (secondary N) is 1. The number of hydrogen-bond acceptors (Lipinski definition) is 7. The molecule has 2 aromatic rings. The van der Waals surface area contributed by atoms with Crippen LogP contribution in [0.25, 0.3) is 0 Å². The maximum absolute atomic E-state index is 12.3. The van der Waals surface area contributed by atoms with Crippen LogP contribution < -0.4 is 15.0 Å². The predicted octanol–water partition coefficient (Wildman–Crippen LogP) is 3.35. The Morgan fingerprint density at radius 1 is 1.29 bits per heavy atom. The van der Waals surface area contributed by atoms with E-state index in [9.17, 15) is 4.79 Å². The van der Waals surface area contributed by atoms with E-state index in [2.05, 4.69) is 32.5 Å². The molecule has 0 unspecified atom stereocenters. The first-order valence-electron chi connectivity index (χ1n) is 11.4. The summed E-state index contributed by atoms with van der Waals surface area (Å²) >= 11 is 1.42. The Morgan fingerprint density at radius 2 is 2.13 bits per heavy atom. The topological polar surface area (TPSA) is 70.6 Å². The van der Waals surface area contributed by atoms with E-state index in [1.165, 1.54) is 24.4 Å². The highest BCUT2D eigenvalue weighted by Gasteiger charge is 2.15. The van der Waals surface area contributed by atoms with Gasteiger partial charge in [0.05, 0.1) is 7.11 Å². The van der Waals surface area contributed by atoms with Gasteiger partial charge in [-0.3, -0.25) is 4.79 Å². The van der Waals surface area contributed by atoms with Crippen LogP contribution in [0.15, 0.2) is 24.3 Å². The first-order valence-corrected chi connectivity index (χ1v) is 12.1. The maximum Gasteiger partial charge on any atom is 0.221 e. The molecular formula is C23H35N5O2S. The summed E-state index contributed by atoms with van der Waals surface area (Å²) in [6.07, 6.45) is 5.89. The lowest BCUT2D eigenvalue weighted by Gasteiger charge is -2.21. The van der Waals surface area contributed by atoms with E-state index in [-0.39, 0.29) is 5.91 Å². The number of rotatable bonds is 13. The monoisotopic (exact) mass is 445 g/mol. The molecule has 0 bridgehead atoms. The number of hydrogen-bond donors (Lipinski definition) is 1. The summed E-state index contributed by atoms with van der Waals surface area (Å²) in [4.78, 5) is 21.7. The van der Waals surface area contributed by atoms with Crippen LogP contribution in [0.2, 0.25) is 0 Å². The van der Waals surface area contributed by atoms with Gasteiger partial charge in [-0.15, -0.1) is 0 Å². The Labute approximate surface area is 190 Å². The van der Waals surface area contributed by atoms with Crippen LogP contribution in [0.3, 0.4) is 0 Å². The number of ether oxygens (including phenoxy) is 1. The first kappa shape index (κ1) is 23.5. The van der Waals surface area contributed by atoms with Crippen molar-refractivity contribution in [2.24, 2.45) is 0 Å². The zero-order chi connectivity index (χ0) is 21.9. The third kappa shape index (κ3) is 7.78. The molecule has 1 aromatic heterocycles. The average molecular weight is 446 g/mol. The third-order valence-corrected chi connectivity index (χ3v) is 6.38. The van der Waals surface area contributed by atoms with Crippen LogP contribution in [-0.2, 0) is 11.2 Å². The molecule has 0 spiro atoms. The van der Waals surface area contributed by atoms with Crippen LogP contribution >= 0.6 is 11.5 Å². The summed E-state index contributed by atoms with van der Waals surface area (Å²) in [6.45, 7) is 7.75. The smallest absolute Gasteiger partial charge is 0.221 e. The number of benzene rings is 1. The quantitative estimate of drug-likeness (QED) is 0.510. The fourth-order valence-electron chi connectivity index (χ4n) is 3.75. The van der Waals surface area contributed by atoms with Crippen LogP contribution in [-0.4, -0.2) is 66.5 Å². The van der Waals surface area contributed by atoms with E-state index in [4.69, 9.17) is 9.72 Å². The highest BCUT2D eigenvalue weighted by molar-refractivity contribution is 7.09. The van der Waals surface area contributed by atoms with Crippen molar-refractivity contribution in [2.45, 2.75) is 45.4 Å². The van der Waals surface area contributed by atoms with Gasteiger partial charge in [-0.1, -0.05) is 25.5 Å². The standard InChI is InChI=1S/C23H35N5O2S/c1-3-4-14-28(15-10-22(29)24-11-16-27-12-5-6-13-27)23-25-21(26-31-23)18-19-8-7-9-20(17-19)30-2/h7-9,17H,3-6,10-16,18H2,1-2H3,(H,24,29). The van der Waals surface area contributed by atoms with E-state index < -0.39 is 0 Å². The van der Waals surface area contributed by atoms with Gasteiger partial charge in [-0.05, 0) is 50.0 Å². The van der Waals surface area contributed by atoms with Crippen LogP contribution in [0.5, 0.6) is 5.75 Å². The number of unbranched alkanes of at least 4 members (excludes halogenated alkanes) is 1. The number of methoxy groups -OCH3 is 1. The Bertz CT molecular complexity index is 807. The Kier molecular flexibility index (Phi) is 9.55. The summed E-state index contributed by atoms with van der Waals surface area (Å²) in [5.74, 6) is 1.76. The van der Waals surface area contributed by atoms with Gasteiger partial charge in [0.15, 0.2) is 0 Å². The Balaban J connectivity index is 1.50. The number of likely N-dealkylation sites (tertiary alicyclic amines) is 1. The zero-order valence-corrected chi connectivity index (χ0v) is 19.6. The molecule has 1 fully saturated rings. The minimum atomic E-state index is 0.113. The first-order chi connectivity index (χ1) is 15.2. The van der Waals surface area contributed by atoms with Gasteiger partial charge in [-0.25, -0.2) is 4.98 Å². The summed E-state index contributed by atoms with van der Waals surface area (Å²) in [7, 11) is 1.67. The largest absolute Gasteiger partial charge is 0.497 e. The maximum atomic E-state index is 12.3. The third-order valence-electron chi connectivity index (χ3n) is 5.56. The highest BCUT2D eigenvalue weighted by Crippen LogP contribution is 2.21. The molecule has 1 aliphatic rings. The van der Waals surface area contributed by atoms with Gasteiger partial charge < -0.3 is 19.9 Å². The lowest BCUT2D eigenvalue weighted by molar-refractivity contribution is -0.120. The van der Waals surface area contributed by atoms with E-state index in [0.717, 1.165) is 67.8 Å². The number of carbonyl (C=O) groups excluding carboxylic acids is 1. The molecule has 1 aliphatic heterocycles. The van der Waals surface area contributed by atoms with Crippen molar-refractivity contribution in [1.29, 1.82) is 0 Å². The molecule has 0 radical (unpaired) electrons. The van der Waals surface area contributed by atoms with Crippen LogP contribution in [0.1, 0.15) is 50.4 Å². The van der Waals surface area contributed by atoms with E-state index in [1.807, 2.05) is 18.2 Å². The van der Waals surface area contributed by atoms with E-state index >= 15 is 0 Å². The van der Waals surface area contributed by atoms with Crippen molar-refractivity contribution in [3.8, 4) is 5.75 Å². The molecule has 0 atom stereocenters. The second-order valence-corrected chi connectivity index (χ2v) is 8.74. The van der Waals surface area contributed by atoms with Gasteiger partial charge in [0.2, 0.25) is 11.0 Å². The summed E-state index contributed by atoms with van der Waals surface area (Å²) in [6, 6.07) is 8.00. The van der Waals surface area contributed by atoms with Crippen molar-refractivity contribution in [3.63, 3.8) is 0 Å². The summed E-state index contributed by atoms with van der Waals surface area (Å²) in [5.41, 5.74) is 1.13. The van der Waals surface area contributed by atoms with E-state index in [0.29, 0.717) is 19.4 Å². The molecule has 1 amide bonds. The molecule has 0 aliphatic carbocycles. The SMILES string of the molecule is CCCCN(CCC(=O)NCCN1CCCC1)c1nc(Cc2cccc(OC)c2)ns1.